The van der Waals surface area contributed by atoms with Crippen molar-refractivity contribution < 1.29 is 23.4 Å². The fourth-order valence-electron chi connectivity index (χ4n) is 1.15. The lowest BCUT2D eigenvalue weighted by Gasteiger charge is -2.12. The van der Waals surface area contributed by atoms with E-state index in [0.717, 1.165) is 12.1 Å². The van der Waals surface area contributed by atoms with Gasteiger partial charge in [0.25, 0.3) is 5.92 Å². The molecule has 0 aliphatic rings. The Morgan fingerprint density at radius 3 is 2.47 bits per heavy atom. The lowest BCUT2D eigenvalue weighted by atomic mass is 10.1. The molecule has 0 aliphatic carbocycles. The summed E-state index contributed by atoms with van der Waals surface area (Å²) < 4.78 is 30.5. The Balaban J connectivity index is 3.28. The van der Waals surface area contributed by atoms with Crippen LogP contribution < -0.4 is 4.74 Å². The van der Waals surface area contributed by atoms with Crippen molar-refractivity contribution >= 4 is 5.97 Å². The van der Waals surface area contributed by atoms with Crippen LogP contribution in [0.15, 0.2) is 18.2 Å². The number of benzene rings is 1. The number of methoxy groups -OCH3 is 1. The van der Waals surface area contributed by atoms with E-state index in [1.807, 2.05) is 0 Å². The first-order valence-electron chi connectivity index (χ1n) is 4.16. The predicted octanol–water partition coefficient (Wildman–Crippen LogP) is 2.51. The molecule has 0 heterocycles. The van der Waals surface area contributed by atoms with E-state index in [1.165, 1.54) is 13.2 Å². The molecule has 1 N–H and O–H groups in total. The highest BCUT2D eigenvalue weighted by molar-refractivity contribution is 5.91. The first-order valence-corrected chi connectivity index (χ1v) is 4.16. The number of carboxylic acid groups (broad SMARTS) is 1. The minimum absolute atomic E-state index is 0.0653. The van der Waals surface area contributed by atoms with Crippen molar-refractivity contribution in [3.05, 3.63) is 29.3 Å². The van der Waals surface area contributed by atoms with Gasteiger partial charge in [-0.1, -0.05) is 0 Å². The average Bonchev–Trinajstić information content (AvgIpc) is 2.15. The second kappa shape index (κ2) is 3.84. The molecule has 0 atom stereocenters. The Hall–Kier alpha value is -1.65. The van der Waals surface area contributed by atoms with Crippen LogP contribution in [0.4, 0.5) is 8.78 Å². The highest BCUT2D eigenvalue weighted by Gasteiger charge is 2.26. The third-order valence-corrected chi connectivity index (χ3v) is 1.94. The summed E-state index contributed by atoms with van der Waals surface area (Å²) in [7, 11) is 1.28. The predicted molar refractivity (Wildman–Crippen MR) is 49.5 cm³/mol. The summed E-state index contributed by atoms with van der Waals surface area (Å²) in [6.45, 7) is 0.709. The lowest BCUT2D eigenvalue weighted by molar-refractivity contribution is 0.0173. The lowest BCUT2D eigenvalue weighted by Crippen LogP contribution is -2.09. The maximum absolute atomic E-state index is 12.9. The van der Waals surface area contributed by atoms with Crippen LogP contribution in [0.5, 0.6) is 5.75 Å². The van der Waals surface area contributed by atoms with E-state index < -0.39 is 11.9 Å². The maximum atomic E-state index is 12.9. The summed E-state index contributed by atoms with van der Waals surface area (Å²) in [5, 5.41) is 8.76. The Morgan fingerprint density at radius 2 is 2.07 bits per heavy atom. The normalized spacial score (nSPS) is 11.2. The van der Waals surface area contributed by atoms with Crippen molar-refractivity contribution in [3.8, 4) is 5.75 Å². The molecule has 0 bridgehead atoms. The van der Waals surface area contributed by atoms with E-state index in [1.54, 1.807) is 0 Å². The molecule has 0 unspecified atom stereocenters. The van der Waals surface area contributed by atoms with E-state index in [0.29, 0.717) is 6.92 Å². The van der Waals surface area contributed by atoms with Gasteiger partial charge in [-0.25, -0.2) is 13.6 Å². The van der Waals surface area contributed by atoms with Gasteiger partial charge in [0.15, 0.2) is 0 Å². The number of hydrogen-bond donors (Lipinski definition) is 1. The van der Waals surface area contributed by atoms with E-state index in [2.05, 4.69) is 0 Å². The van der Waals surface area contributed by atoms with Crippen LogP contribution in [0.25, 0.3) is 0 Å². The van der Waals surface area contributed by atoms with Gasteiger partial charge in [0.05, 0.1) is 7.11 Å². The maximum Gasteiger partial charge on any atom is 0.339 e. The van der Waals surface area contributed by atoms with Crippen molar-refractivity contribution in [2.45, 2.75) is 12.8 Å². The molecule has 0 amide bonds. The van der Waals surface area contributed by atoms with Crippen LogP contribution in [0.3, 0.4) is 0 Å². The zero-order chi connectivity index (χ0) is 11.6. The summed E-state index contributed by atoms with van der Waals surface area (Å²) in [5.41, 5.74) is -0.614. The second-order valence-electron chi connectivity index (χ2n) is 3.11. The molecule has 3 nitrogen and oxygen atoms in total. The number of halogens is 2. The van der Waals surface area contributed by atoms with Gasteiger partial charge in [0.2, 0.25) is 0 Å². The van der Waals surface area contributed by atoms with Crippen LogP contribution in [0, 0.1) is 0 Å². The molecule has 0 aliphatic heterocycles. The van der Waals surface area contributed by atoms with Gasteiger partial charge >= 0.3 is 5.97 Å². The first-order chi connectivity index (χ1) is 6.86. The highest BCUT2D eigenvalue weighted by Crippen LogP contribution is 2.30. The van der Waals surface area contributed by atoms with Gasteiger partial charge in [-0.3, -0.25) is 0 Å². The number of rotatable bonds is 3. The van der Waals surface area contributed by atoms with Crippen LogP contribution >= 0.6 is 0 Å². The topological polar surface area (TPSA) is 46.5 Å². The Labute approximate surface area is 85.3 Å². The Bertz CT molecular complexity index is 383. The van der Waals surface area contributed by atoms with E-state index >= 15 is 0 Å². The van der Waals surface area contributed by atoms with Gasteiger partial charge < -0.3 is 9.84 Å². The zero-order valence-corrected chi connectivity index (χ0v) is 8.25. The fraction of sp³-hybridized carbons (Fsp3) is 0.300. The SMILES string of the molecule is COc1ccc(C(C)(F)F)cc1C(=O)O. The first kappa shape index (κ1) is 11.4. The second-order valence-corrected chi connectivity index (χ2v) is 3.11. The molecular weight excluding hydrogens is 206 g/mol. The Morgan fingerprint density at radius 1 is 1.47 bits per heavy atom. The molecule has 0 aromatic heterocycles. The standard InChI is InChI=1S/C10H10F2O3/c1-10(11,12)6-3-4-8(15-2)7(5-6)9(13)14/h3-5H,1-2H3,(H,13,14). The van der Waals surface area contributed by atoms with Crippen LogP contribution in [-0.4, -0.2) is 18.2 Å². The summed E-state index contributed by atoms with van der Waals surface area (Å²) in [6, 6.07) is 3.28. The van der Waals surface area contributed by atoms with Gasteiger partial charge in [-0.2, -0.15) is 0 Å². The summed E-state index contributed by atoms with van der Waals surface area (Å²) in [5.74, 6) is -4.29. The van der Waals surface area contributed by atoms with Gasteiger partial charge in [0, 0.05) is 12.5 Å². The zero-order valence-electron chi connectivity index (χ0n) is 8.25. The quantitative estimate of drug-likeness (QED) is 0.844. The molecule has 1 rings (SSSR count). The molecule has 0 fully saturated rings. The van der Waals surface area contributed by atoms with E-state index in [4.69, 9.17) is 9.84 Å². The van der Waals surface area contributed by atoms with Crippen molar-refractivity contribution in [3.63, 3.8) is 0 Å². The molecule has 0 saturated heterocycles. The largest absolute Gasteiger partial charge is 0.496 e. The summed E-state index contributed by atoms with van der Waals surface area (Å²) in [4.78, 5) is 10.7. The molecule has 0 saturated carbocycles. The minimum atomic E-state index is -3.06. The molecule has 82 valence electrons. The number of aromatic carboxylic acids is 1. The molecule has 0 radical (unpaired) electrons. The van der Waals surface area contributed by atoms with Gasteiger partial charge in [-0.15, -0.1) is 0 Å². The minimum Gasteiger partial charge on any atom is -0.496 e. The van der Waals surface area contributed by atoms with Crippen LogP contribution in [-0.2, 0) is 5.92 Å². The van der Waals surface area contributed by atoms with Gasteiger partial charge in [-0.05, 0) is 18.2 Å². The number of ether oxygens (including phenoxy) is 1. The highest BCUT2D eigenvalue weighted by atomic mass is 19.3. The van der Waals surface area contributed by atoms with E-state index in [-0.39, 0.29) is 16.9 Å². The number of carbonyl (C=O) groups is 1. The van der Waals surface area contributed by atoms with Crippen molar-refractivity contribution in [2.75, 3.05) is 7.11 Å². The fourth-order valence-corrected chi connectivity index (χ4v) is 1.15. The summed E-state index contributed by atoms with van der Waals surface area (Å²) in [6.07, 6.45) is 0. The molecular formula is C10H10F2O3. The van der Waals surface area contributed by atoms with Gasteiger partial charge in [0.1, 0.15) is 11.3 Å². The third kappa shape index (κ3) is 2.43. The van der Waals surface area contributed by atoms with Crippen molar-refractivity contribution in [1.29, 1.82) is 0 Å². The Kier molecular flexibility index (Phi) is 2.93. The van der Waals surface area contributed by atoms with Crippen molar-refractivity contribution in [1.82, 2.24) is 0 Å². The number of hydrogen-bond acceptors (Lipinski definition) is 2. The van der Waals surface area contributed by atoms with Crippen LogP contribution in [0.2, 0.25) is 0 Å². The molecule has 1 aromatic carbocycles. The van der Waals surface area contributed by atoms with E-state index in [9.17, 15) is 13.6 Å². The molecule has 1 aromatic rings. The number of carboxylic acids is 1. The van der Waals surface area contributed by atoms with Crippen molar-refractivity contribution in [2.24, 2.45) is 0 Å². The average molecular weight is 216 g/mol. The smallest absolute Gasteiger partial charge is 0.339 e. The molecule has 5 heteroatoms. The summed E-state index contributed by atoms with van der Waals surface area (Å²) >= 11 is 0. The molecule has 0 spiro atoms. The monoisotopic (exact) mass is 216 g/mol. The number of alkyl halides is 2. The third-order valence-electron chi connectivity index (χ3n) is 1.94. The molecule has 15 heavy (non-hydrogen) atoms. The van der Waals surface area contributed by atoms with Crippen LogP contribution in [0.1, 0.15) is 22.8 Å².